The van der Waals surface area contributed by atoms with Crippen LogP contribution in [0.25, 0.3) is 0 Å². The second-order valence-electron chi connectivity index (χ2n) is 0.896. The average molecular weight is 143 g/mol. The van der Waals surface area contributed by atoms with Crippen LogP contribution in [0.5, 0.6) is 0 Å². The fourth-order valence-corrected chi connectivity index (χ4v) is 1.47. The van der Waals surface area contributed by atoms with E-state index in [2.05, 4.69) is 0 Å². The Kier molecular flexibility index (Phi) is 5.81. The molecule has 0 fully saturated rings. The monoisotopic (exact) mass is 141 g/mol. The van der Waals surface area contributed by atoms with Crippen molar-refractivity contribution in [1.29, 1.82) is 0 Å². The molecule has 0 radical (unpaired) electrons. The second-order valence-corrected chi connectivity index (χ2v) is 2.76. The molecule has 0 amide bonds. The molecule has 0 aromatic carbocycles. The quantitative estimate of drug-likeness (QED) is 0.406. The van der Waals surface area contributed by atoms with Crippen LogP contribution in [0, 0.1) is 0 Å². The van der Waals surface area contributed by atoms with Crippen molar-refractivity contribution in [3.63, 3.8) is 0 Å². The molecule has 0 aliphatic heterocycles. The Morgan fingerprint density at radius 1 is 1.60 bits per heavy atom. The van der Waals surface area contributed by atoms with Gasteiger partial charge in [-0.15, -0.1) is 0 Å². The summed E-state index contributed by atoms with van der Waals surface area (Å²) in [6.45, 7) is 0. The molecule has 0 bridgehead atoms. The molecule has 0 aromatic rings. The van der Waals surface area contributed by atoms with Crippen LogP contribution in [0.3, 0.4) is 0 Å². The minimum atomic E-state index is 0.847. The van der Waals surface area contributed by atoms with Crippen LogP contribution in [0.15, 0.2) is 0 Å². The zero-order valence-corrected chi connectivity index (χ0v) is 6.93. The van der Waals surface area contributed by atoms with Gasteiger partial charge in [-0.1, -0.05) is 0 Å². The Labute approximate surface area is 47.6 Å². The molecule has 2 heteroatoms. The summed E-state index contributed by atoms with van der Waals surface area (Å²) in [5, 5.41) is 1.34. The maximum atomic E-state index is 5.32. The molecule has 0 rings (SSSR count). The Hall–Kier alpha value is 0.913. The van der Waals surface area contributed by atoms with Crippen molar-refractivity contribution in [2.45, 2.75) is 11.4 Å². The summed E-state index contributed by atoms with van der Waals surface area (Å²) < 4.78 is 0. The van der Waals surface area contributed by atoms with E-state index >= 15 is 0 Å². The first kappa shape index (κ1) is 5.91. The van der Waals surface area contributed by atoms with Gasteiger partial charge < -0.3 is 0 Å². The molecule has 0 heterocycles. The Morgan fingerprint density at radius 2 is 2.20 bits per heavy atom. The van der Waals surface area contributed by atoms with Gasteiger partial charge in [0, 0.05) is 0 Å². The molecular weight excluding hydrogens is 137 g/mol. The van der Waals surface area contributed by atoms with Gasteiger partial charge in [0.25, 0.3) is 0 Å². The van der Waals surface area contributed by atoms with E-state index in [1.807, 2.05) is 0 Å². The molecule has 0 aromatic heterocycles. The van der Waals surface area contributed by atoms with E-state index < -0.39 is 0 Å². The van der Waals surface area contributed by atoms with Crippen LogP contribution in [0.4, 0.5) is 0 Å². The molecule has 0 unspecified atom stereocenters. The molecule has 5 heavy (non-hydrogen) atoms. The van der Waals surface area contributed by atoms with Crippen molar-refractivity contribution in [2.24, 2.45) is 0 Å². The predicted octanol–water partition coefficient (Wildman–Crippen LogP) is 1.58. The van der Waals surface area contributed by atoms with E-state index in [9.17, 15) is 0 Å². The van der Waals surface area contributed by atoms with Gasteiger partial charge in [-0.25, -0.2) is 0 Å². The van der Waals surface area contributed by atoms with Gasteiger partial charge >= 0.3 is 47.2 Å². The first-order valence-electron chi connectivity index (χ1n) is 1.77. The molecule has 0 saturated heterocycles. The maximum absolute atomic E-state index is 5.32. The van der Waals surface area contributed by atoms with Gasteiger partial charge in [-0.05, 0) is 0 Å². The Balaban J connectivity index is 2.19. The molecule has 0 aliphatic rings. The zero-order valence-electron chi connectivity index (χ0n) is 3.21. The molecule has 0 spiro atoms. The number of hydrogen-bond acceptors (Lipinski definition) is 0. The van der Waals surface area contributed by atoms with Crippen molar-refractivity contribution in [3.05, 3.63) is 0 Å². The fourth-order valence-electron chi connectivity index (χ4n) is 0.0945. The zero-order chi connectivity index (χ0) is 4.12. The minimum absolute atomic E-state index is 0.847. The fraction of sp³-hybridized carbons (Fsp3) is 1.00. The summed E-state index contributed by atoms with van der Waals surface area (Å²) in [6.07, 6.45) is 1.21. The Morgan fingerprint density at radius 3 is 2.20 bits per heavy atom. The molecule has 0 saturated carbocycles. The van der Waals surface area contributed by atoms with Crippen molar-refractivity contribution in [3.8, 4) is 0 Å². The van der Waals surface area contributed by atoms with Crippen LogP contribution in [-0.2, 0) is 18.3 Å². The third kappa shape index (κ3) is 4.91. The van der Waals surface area contributed by atoms with E-state index in [-0.39, 0.29) is 0 Å². The summed E-state index contributed by atoms with van der Waals surface area (Å²) in [6, 6.07) is 0. The van der Waals surface area contributed by atoms with Gasteiger partial charge in [0.1, 0.15) is 0 Å². The van der Waals surface area contributed by atoms with Crippen LogP contribution >= 0.6 is 11.6 Å². The van der Waals surface area contributed by atoms with Crippen molar-refractivity contribution in [1.82, 2.24) is 0 Å². The molecule has 27 valence electrons. The second kappa shape index (κ2) is 4.91. The molecular formula is C3H6ClZn. The van der Waals surface area contributed by atoms with Crippen molar-refractivity contribution in [2.75, 3.05) is 5.88 Å². The van der Waals surface area contributed by atoms with Crippen LogP contribution in [0.2, 0.25) is 5.02 Å². The molecule has 0 nitrogen and oxygen atoms in total. The first-order valence-corrected chi connectivity index (χ1v) is 4.40. The molecule has 0 N–H and O–H groups in total. The number of alkyl halides is 1. The van der Waals surface area contributed by atoms with Gasteiger partial charge in [0.05, 0.1) is 0 Å². The summed E-state index contributed by atoms with van der Waals surface area (Å²) in [7, 11) is 0. The summed E-state index contributed by atoms with van der Waals surface area (Å²) in [5.41, 5.74) is 0. The SMILES string of the molecule is ClCC[CH2][Zn]. The van der Waals surface area contributed by atoms with Gasteiger partial charge in [-0.3, -0.25) is 0 Å². The van der Waals surface area contributed by atoms with Gasteiger partial charge in [0.15, 0.2) is 0 Å². The van der Waals surface area contributed by atoms with Crippen molar-refractivity contribution >= 4 is 11.6 Å². The van der Waals surface area contributed by atoms with E-state index in [1.165, 1.54) is 29.7 Å². The summed E-state index contributed by atoms with van der Waals surface area (Å²) in [5.74, 6) is 0.847. The third-order valence-electron chi connectivity index (χ3n) is 0.384. The van der Waals surface area contributed by atoms with E-state index in [0.29, 0.717) is 0 Å². The normalized spacial score (nSPS) is 8.60. The first-order chi connectivity index (χ1) is 2.41. The van der Waals surface area contributed by atoms with Crippen LogP contribution in [0.1, 0.15) is 6.42 Å². The standard InChI is InChI=1S/C3H6Cl.Zn/c1-2-3-4;/h1-3H2;. The van der Waals surface area contributed by atoms with E-state index in [1.54, 1.807) is 0 Å². The molecule has 0 atom stereocenters. The van der Waals surface area contributed by atoms with Crippen molar-refractivity contribution < 1.29 is 18.3 Å². The number of halogens is 1. The van der Waals surface area contributed by atoms with Crippen LogP contribution in [-0.4, -0.2) is 5.88 Å². The number of hydrogen-bond donors (Lipinski definition) is 0. The third-order valence-corrected chi connectivity index (χ3v) is 1.70. The topological polar surface area (TPSA) is 0 Å². The average Bonchev–Trinajstić information content (AvgIpc) is 1.41. The summed E-state index contributed by atoms with van der Waals surface area (Å²) >= 11 is 6.72. The molecule has 0 aliphatic carbocycles. The van der Waals surface area contributed by atoms with Gasteiger partial charge in [-0.2, -0.15) is 0 Å². The van der Waals surface area contributed by atoms with Crippen LogP contribution < -0.4 is 0 Å². The summed E-state index contributed by atoms with van der Waals surface area (Å²) in [4.78, 5) is 0. The predicted molar refractivity (Wildman–Crippen MR) is 20.1 cm³/mol. The van der Waals surface area contributed by atoms with E-state index in [0.717, 1.165) is 5.88 Å². The van der Waals surface area contributed by atoms with Gasteiger partial charge in [0.2, 0.25) is 0 Å². The Bertz CT molecular complexity index is 14.4. The van der Waals surface area contributed by atoms with E-state index in [4.69, 9.17) is 11.6 Å². The number of rotatable bonds is 2.